The largest absolute Gasteiger partial charge is 0.356 e. The van der Waals surface area contributed by atoms with Crippen LogP contribution >= 0.6 is 0 Å². The highest BCUT2D eigenvalue weighted by atomic mass is 16.1. The third-order valence-electron chi connectivity index (χ3n) is 4.69. The molecule has 3 heterocycles. The minimum Gasteiger partial charge on any atom is -0.356 e. The van der Waals surface area contributed by atoms with Crippen molar-refractivity contribution in [3.8, 4) is 0 Å². The highest BCUT2D eigenvalue weighted by molar-refractivity contribution is 5.98. The monoisotopic (exact) mass is 302 g/mol. The molecule has 0 saturated carbocycles. The lowest BCUT2D eigenvalue weighted by Crippen LogP contribution is -2.34. The molecule has 0 radical (unpaired) electrons. The Morgan fingerprint density at radius 1 is 1.36 bits per heavy atom. The molecule has 1 amide bonds. The maximum Gasteiger partial charge on any atom is 0.255 e. The van der Waals surface area contributed by atoms with Crippen LogP contribution in [0, 0.1) is 5.92 Å². The first kappa shape index (κ1) is 15.3. The topological polar surface area (TPSA) is 57.3 Å². The van der Waals surface area contributed by atoms with E-state index in [1.807, 2.05) is 12.1 Å². The van der Waals surface area contributed by atoms with Crippen molar-refractivity contribution in [2.45, 2.75) is 32.1 Å². The average Bonchev–Trinajstić information content (AvgIpc) is 3.09. The van der Waals surface area contributed by atoms with Crippen molar-refractivity contribution in [2.24, 2.45) is 5.92 Å². The molecule has 1 aromatic rings. The molecule has 2 fully saturated rings. The number of aromatic nitrogens is 1. The summed E-state index contributed by atoms with van der Waals surface area (Å²) in [5.74, 6) is 1.57. The first-order valence-corrected chi connectivity index (χ1v) is 8.53. The van der Waals surface area contributed by atoms with E-state index in [4.69, 9.17) is 0 Å². The Hall–Kier alpha value is -1.62. The molecule has 1 aromatic heterocycles. The Bertz CT molecular complexity index is 493. The quantitative estimate of drug-likeness (QED) is 0.871. The lowest BCUT2D eigenvalue weighted by atomic mass is 10.1. The molecule has 22 heavy (non-hydrogen) atoms. The molecule has 2 aliphatic rings. The molecule has 2 saturated heterocycles. The third kappa shape index (κ3) is 3.77. The molecule has 0 aliphatic carbocycles. The molecule has 5 heteroatoms. The summed E-state index contributed by atoms with van der Waals surface area (Å²) in [6.07, 6.45) is 7.71. The number of hydrogen-bond donors (Lipinski definition) is 2. The molecular weight excluding hydrogens is 276 g/mol. The van der Waals surface area contributed by atoms with E-state index >= 15 is 0 Å². The molecule has 0 spiro atoms. The van der Waals surface area contributed by atoms with Gasteiger partial charge >= 0.3 is 0 Å². The number of amides is 1. The zero-order chi connectivity index (χ0) is 15.2. The van der Waals surface area contributed by atoms with Crippen molar-refractivity contribution >= 4 is 11.7 Å². The van der Waals surface area contributed by atoms with Gasteiger partial charge in [0.25, 0.3) is 5.91 Å². The van der Waals surface area contributed by atoms with Crippen LogP contribution in [0.15, 0.2) is 18.3 Å². The van der Waals surface area contributed by atoms with E-state index in [0.29, 0.717) is 11.5 Å². The van der Waals surface area contributed by atoms with Gasteiger partial charge in [-0.2, -0.15) is 0 Å². The number of carbonyl (C=O) groups is 1. The van der Waals surface area contributed by atoms with E-state index in [2.05, 4.69) is 20.5 Å². The average molecular weight is 302 g/mol. The van der Waals surface area contributed by atoms with Crippen molar-refractivity contribution < 1.29 is 4.79 Å². The second kappa shape index (κ2) is 7.58. The van der Waals surface area contributed by atoms with E-state index in [9.17, 15) is 4.79 Å². The molecule has 2 N–H and O–H groups in total. The summed E-state index contributed by atoms with van der Waals surface area (Å²) in [4.78, 5) is 19.2. The van der Waals surface area contributed by atoms with Crippen molar-refractivity contribution in [1.82, 2.24) is 15.6 Å². The zero-order valence-electron chi connectivity index (χ0n) is 13.2. The van der Waals surface area contributed by atoms with E-state index in [1.54, 1.807) is 6.20 Å². The summed E-state index contributed by atoms with van der Waals surface area (Å²) in [5, 5.41) is 6.44. The maximum atomic E-state index is 12.5. The Kier molecular flexibility index (Phi) is 5.27. The molecular formula is C17H26N4O. The molecule has 1 unspecified atom stereocenters. The molecule has 120 valence electrons. The van der Waals surface area contributed by atoms with Gasteiger partial charge in [-0.1, -0.05) is 0 Å². The summed E-state index contributed by atoms with van der Waals surface area (Å²) in [6, 6.07) is 3.74. The smallest absolute Gasteiger partial charge is 0.255 e. The SMILES string of the molecule is O=C(NCCC1CCNC1)c1cccnc1N1CCCCC1. The summed E-state index contributed by atoms with van der Waals surface area (Å²) in [7, 11) is 0. The zero-order valence-corrected chi connectivity index (χ0v) is 13.2. The highest BCUT2D eigenvalue weighted by Gasteiger charge is 2.20. The van der Waals surface area contributed by atoms with E-state index in [-0.39, 0.29) is 5.91 Å². The standard InChI is InChI=1S/C17H26N4O/c22-17(20-10-7-14-6-9-18-13-14)15-5-4-8-19-16(15)21-11-2-1-3-12-21/h4-5,8,14,18H,1-3,6-7,9-13H2,(H,20,22). The van der Waals surface area contributed by atoms with E-state index in [0.717, 1.165) is 45.0 Å². The van der Waals surface area contributed by atoms with Crippen molar-refractivity contribution in [1.29, 1.82) is 0 Å². The van der Waals surface area contributed by atoms with Crippen molar-refractivity contribution in [3.63, 3.8) is 0 Å². The third-order valence-corrected chi connectivity index (χ3v) is 4.69. The van der Waals surface area contributed by atoms with Gasteiger partial charge in [-0.05, 0) is 63.2 Å². The fourth-order valence-corrected chi connectivity index (χ4v) is 3.38. The lowest BCUT2D eigenvalue weighted by molar-refractivity contribution is 0.0951. The number of pyridine rings is 1. The van der Waals surface area contributed by atoms with Crippen LogP contribution in [0.1, 0.15) is 42.5 Å². The number of nitrogens with zero attached hydrogens (tertiary/aromatic N) is 2. The van der Waals surface area contributed by atoms with Gasteiger partial charge in [-0.3, -0.25) is 4.79 Å². The first-order chi connectivity index (χ1) is 10.8. The van der Waals surface area contributed by atoms with Crippen LogP contribution in [0.3, 0.4) is 0 Å². The summed E-state index contributed by atoms with van der Waals surface area (Å²) in [6.45, 7) is 4.96. The van der Waals surface area contributed by atoms with Crippen LogP contribution in [0.4, 0.5) is 5.82 Å². The fraction of sp³-hybridized carbons (Fsp3) is 0.647. The highest BCUT2D eigenvalue weighted by Crippen LogP contribution is 2.21. The van der Waals surface area contributed by atoms with Gasteiger partial charge in [0.15, 0.2) is 0 Å². The van der Waals surface area contributed by atoms with Gasteiger partial charge in [0.2, 0.25) is 0 Å². The molecule has 0 bridgehead atoms. The molecule has 5 nitrogen and oxygen atoms in total. The number of anilines is 1. The minimum absolute atomic E-state index is 0.0135. The number of rotatable bonds is 5. The van der Waals surface area contributed by atoms with Gasteiger partial charge in [0, 0.05) is 25.8 Å². The molecule has 2 aliphatic heterocycles. The number of hydrogen-bond acceptors (Lipinski definition) is 4. The second-order valence-electron chi connectivity index (χ2n) is 6.33. The second-order valence-corrected chi connectivity index (χ2v) is 6.33. The van der Waals surface area contributed by atoms with Gasteiger partial charge < -0.3 is 15.5 Å². The maximum absolute atomic E-state index is 12.5. The van der Waals surface area contributed by atoms with Gasteiger partial charge in [-0.15, -0.1) is 0 Å². The van der Waals surface area contributed by atoms with Crippen LogP contribution in [-0.2, 0) is 0 Å². The van der Waals surface area contributed by atoms with Gasteiger partial charge in [-0.25, -0.2) is 4.98 Å². The normalized spacial score (nSPS) is 21.8. The van der Waals surface area contributed by atoms with E-state index < -0.39 is 0 Å². The van der Waals surface area contributed by atoms with E-state index in [1.165, 1.54) is 25.7 Å². The van der Waals surface area contributed by atoms with Crippen molar-refractivity contribution in [3.05, 3.63) is 23.9 Å². The Labute approximate surface area is 132 Å². The first-order valence-electron chi connectivity index (χ1n) is 8.53. The number of nitrogens with one attached hydrogen (secondary N) is 2. The predicted molar refractivity (Wildman–Crippen MR) is 88.2 cm³/mol. The van der Waals surface area contributed by atoms with Crippen LogP contribution in [0.5, 0.6) is 0 Å². The van der Waals surface area contributed by atoms with Crippen LogP contribution in [0.2, 0.25) is 0 Å². The molecule has 1 atom stereocenters. The summed E-state index contributed by atoms with van der Waals surface area (Å²) < 4.78 is 0. The van der Waals surface area contributed by atoms with Crippen LogP contribution in [-0.4, -0.2) is 43.6 Å². The van der Waals surface area contributed by atoms with Crippen LogP contribution < -0.4 is 15.5 Å². The molecule has 0 aromatic carbocycles. The Morgan fingerprint density at radius 3 is 3.00 bits per heavy atom. The minimum atomic E-state index is 0.0135. The Morgan fingerprint density at radius 2 is 2.23 bits per heavy atom. The molecule has 3 rings (SSSR count). The van der Waals surface area contributed by atoms with Gasteiger partial charge in [0.05, 0.1) is 5.56 Å². The number of carbonyl (C=O) groups excluding carboxylic acids is 1. The number of piperidine rings is 1. The predicted octanol–water partition coefficient (Wildman–Crippen LogP) is 1.80. The fourth-order valence-electron chi connectivity index (χ4n) is 3.38. The Balaban J connectivity index is 1.59. The lowest BCUT2D eigenvalue weighted by Gasteiger charge is -2.29. The van der Waals surface area contributed by atoms with Crippen LogP contribution in [0.25, 0.3) is 0 Å². The van der Waals surface area contributed by atoms with Gasteiger partial charge in [0.1, 0.15) is 5.82 Å². The van der Waals surface area contributed by atoms with Crippen molar-refractivity contribution in [2.75, 3.05) is 37.6 Å². The summed E-state index contributed by atoms with van der Waals surface area (Å²) in [5.41, 5.74) is 0.717. The summed E-state index contributed by atoms with van der Waals surface area (Å²) >= 11 is 0.